The molecule has 5 atom stereocenters. The summed E-state index contributed by atoms with van der Waals surface area (Å²) in [4.78, 5) is 28.6. The van der Waals surface area contributed by atoms with Crippen molar-refractivity contribution in [3.8, 4) is 0 Å². The molecule has 0 radical (unpaired) electrons. The molecule has 4 unspecified atom stereocenters. The Morgan fingerprint density at radius 3 is 2.12 bits per heavy atom. The molecular formula is C28H34N2O3. The number of ketones is 1. The molecule has 2 N–H and O–H groups in total. The van der Waals surface area contributed by atoms with Gasteiger partial charge < -0.3 is 10.4 Å². The Hall–Kier alpha value is -2.50. The first kappa shape index (κ1) is 22.3. The number of likely N-dealkylation sites (tertiary alicyclic amines) is 1. The number of benzene rings is 2. The highest BCUT2D eigenvalue weighted by Crippen LogP contribution is 2.47. The summed E-state index contributed by atoms with van der Waals surface area (Å²) in [6.07, 6.45) is 5.05. The predicted octanol–water partition coefficient (Wildman–Crippen LogP) is 3.77. The number of nitrogens with zero attached hydrogens (tertiary/aromatic N) is 1. The largest absolute Gasteiger partial charge is 0.375 e. The van der Waals surface area contributed by atoms with Crippen molar-refractivity contribution >= 4 is 11.7 Å². The molecule has 0 aromatic heterocycles. The standard InChI is InChI=1S/C28H34N2O3/c1-19(26(31)20-11-5-2-6-12-20)30-17-23-24(18-30)25(23)29-27(32)28(33,21-13-7-3-8-14-21)22-15-9-4-10-16-22/h2-3,5-8,11-14,19,22-25,33H,4,9-10,15-18H2,1H3,(H,29,32)/t19?,23-,24?,25?,28?/m0/s1. The zero-order chi connectivity index (χ0) is 23.0. The first-order valence-electron chi connectivity index (χ1n) is 12.4. The summed E-state index contributed by atoms with van der Waals surface area (Å²) in [5.74, 6) is 0.554. The smallest absolute Gasteiger partial charge is 0.257 e. The molecule has 0 spiro atoms. The van der Waals surface area contributed by atoms with Crippen LogP contribution in [0.15, 0.2) is 60.7 Å². The lowest BCUT2D eigenvalue weighted by Crippen LogP contribution is -2.52. The van der Waals surface area contributed by atoms with Gasteiger partial charge in [0.1, 0.15) is 0 Å². The van der Waals surface area contributed by atoms with Crippen molar-refractivity contribution in [2.75, 3.05) is 13.1 Å². The topological polar surface area (TPSA) is 69.6 Å². The summed E-state index contributed by atoms with van der Waals surface area (Å²) in [7, 11) is 0. The Bertz CT molecular complexity index is 977. The van der Waals surface area contributed by atoms with E-state index in [1.54, 1.807) is 0 Å². The van der Waals surface area contributed by atoms with Gasteiger partial charge in [-0.1, -0.05) is 79.9 Å². The van der Waals surface area contributed by atoms with Crippen LogP contribution in [0.1, 0.15) is 54.9 Å². The molecule has 3 aliphatic rings. The van der Waals surface area contributed by atoms with Gasteiger partial charge in [-0.25, -0.2) is 0 Å². The number of hydrogen-bond donors (Lipinski definition) is 2. The number of carbonyl (C=O) groups excluding carboxylic acids is 2. The van der Waals surface area contributed by atoms with Crippen LogP contribution in [0.2, 0.25) is 0 Å². The summed E-state index contributed by atoms with van der Waals surface area (Å²) >= 11 is 0. The van der Waals surface area contributed by atoms with Crippen LogP contribution in [0, 0.1) is 17.8 Å². The van der Waals surface area contributed by atoms with E-state index < -0.39 is 5.60 Å². The molecular weight excluding hydrogens is 412 g/mol. The maximum atomic E-state index is 13.5. The molecule has 5 rings (SSSR count). The van der Waals surface area contributed by atoms with Gasteiger partial charge in [-0.15, -0.1) is 0 Å². The van der Waals surface area contributed by atoms with Gasteiger partial charge in [-0.05, 0) is 37.2 Å². The van der Waals surface area contributed by atoms with Crippen LogP contribution in [0.25, 0.3) is 0 Å². The summed E-state index contributed by atoms with van der Waals surface area (Å²) in [6.45, 7) is 3.59. The van der Waals surface area contributed by atoms with Gasteiger partial charge in [0.25, 0.3) is 5.91 Å². The molecule has 3 fully saturated rings. The molecule has 5 nitrogen and oxygen atoms in total. The maximum Gasteiger partial charge on any atom is 0.257 e. The minimum Gasteiger partial charge on any atom is -0.375 e. The Balaban J connectivity index is 1.23. The number of hydrogen-bond acceptors (Lipinski definition) is 4. The third kappa shape index (κ3) is 4.13. The molecule has 2 saturated carbocycles. The summed E-state index contributed by atoms with van der Waals surface area (Å²) < 4.78 is 0. The predicted molar refractivity (Wildman–Crippen MR) is 128 cm³/mol. The summed E-state index contributed by atoms with van der Waals surface area (Å²) in [6, 6.07) is 18.8. The second-order valence-corrected chi connectivity index (χ2v) is 10.2. The van der Waals surface area contributed by atoms with E-state index in [2.05, 4.69) is 10.2 Å². The Morgan fingerprint density at radius 1 is 0.939 bits per heavy atom. The molecule has 1 aliphatic heterocycles. The van der Waals surface area contributed by atoms with E-state index in [1.807, 2.05) is 67.6 Å². The second kappa shape index (κ2) is 9.03. The number of carbonyl (C=O) groups is 2. The number of Topliss-reactive ketones (excluding diaryl/α,β-unsaturated/α-hetero) is 1. The molecule has 174 valence electrons. The van der Waals surface area contributed by atoms with E-state index in [4.69, 9.17) is 0 Å². The van der Waals surface area contributed by atoms with E-state index >= 15 is 0 Å². The van der Waals surface area contributed by atoms with Crippen LogP contribution in [0.5, 0.6) is 0 Å². The number of amides is 1. The van der Waals surface area contributed by atoms with Gasteiger partial charge in [0, 0.05) is 30.6 Å². The number of piperidine rings is 1. The van der Waals surface area contributed by atoms with Gasteiger partial charge in [-0.3, -0.25) is 14.5 Å². The van der Waals surface area contributed by atoms with Gasteiger partial charge in [0.2, 0.25) is 0 Å². The molecule has 0 bridgehead atoms. The first-order valence-corrected chi connectivity index (χ1v) is 12.4. The Kier molecular flexibility index (Phi) is 6.11. The van der Waals surface area contributed by atoms with Gasteiger partial charge in [-0.2, -0.15) is 0 Å². The second-order valence-electron chi connectivity index (χ2n) is 10.2. The first-order chi connectivity index (χ1) is 16.0. The van der Waals surface area contributed by atoms with Gasteiger partial charge >= 0.3 is 0 Å². The van der Waals surface area contributed by atoms with Crippen molar-refractivity contribution in [2.24, 2.45) is 17.8 Å². The fraction of sp³-hybridized carbons (Fsp3) is 0.500. The van der Waals surface area contributed by atoms with Gasteiger partial charge in [0.05, 0.1) is 6.04 Å². The molecule has 2 aromatic rings. The minimum atomic E-state index is -1.48. The Labute approximate surface area is 196 Å². The van der Waals surface area contributed by atoms with Crippen molar-refractivity contribution in [3.05, 3.63) is 71.8 Å². The molecule has 1 amide bonds. The lowest BCUT2D eigenvalue weighted by atomic mass is 9.73. The van der Waals surface area contributed by atoms with Crippen LogP contribution in [-0.4, -0.2) is 46.9 Å². The van der Waals surface area contributed by atoms with E-state index in [0.29, 0.717) is 17.4 Å². The van der Waals surface area contributed by atoms with Crippen LogP contribution in [-0.2, 0) is 10.4 Å². The Morgan fingerprint density at radius 2 is 1.52 bits per heavy atom. The number of fused-ring (bicyclic) bond motifs is 1. The normalized spacial score (nSPS) is 27.9. The SMILES string of the molecule is CC(C(=O)c1ccccc1)N1CC2C(NC(=O)C(O)(c3ccccc3)C3CCCCC3)[C@H]2C1. The highest BCUT2D eigenvalue weighted by molar-refractivity contribution is 5.99. The van der Waals surface area contributed by atoms with Gasteiger partial charge in [0.15, 0.2) is 11.4 Å². The van der Waals surface area contributed by atoms with Crippen molar-refractivity contribution in [1.29, 1.82) is 0 Å². The van der Waals surface area contributed by atoms with E-state index in [-0.39, 0.29) is 29.7 Å². The van der Waals surface area contributed by atoms with E-state index in [0.717, 1.165) is 44.3 Å². The van der Waals surface area contributed by atoms with Crippen molar-refractivity contribution in [2.45, 2.75) is 56.7 Å². The average molecular weight is 447 g/mol. The zero-order valence-electron chi connectivity index (χ0n) is 19.3. The molecule has 2 aromatic carbocycles. The minimum absolute atomic E-state index is 0.0488. The third-order valence-electron chi connectivity index (χ3n) is 8.26. The van der Waals surface area contributed by atoms with Crippen LogP contribution < -0.4 is 5.32 Å². The number of rotatable bonds is 7. The summed E-state index contributed by atoms with van der Waals surface area (Å²) in [5, 5.41) is 15.0. The van der Waals surface area contributed by atoms with Crippen LogP contribution in [0.3, 0.4) is 0 Å². The third-order valence-corrected chi connectivity index (χ3v) is 8.26. The van der Waals surface area contributed by atoms with Crippen molar-refractivity contribution in [1.82, 2.24) is 10.2 Å². The monoisotopic (exact) mass is 446 g/mol. The average Bonchev–Trinajstić information content (AvgIpc) is 3.30. The lowest BCUT2D eigenvalue weighted by molar-refractivity contribution is -0.149. The van der Waals surface area contributed by atoms with Crippen molar-refractivity contribution < 1.29 is 14.7 Å². The molecule has 1 heterocycles. The highest BCUT2D eigenvalue weighted by atomic mass is 16.3. The number of aliphatic hydroxyl groups is 1. The molecule has 2 aliphatic carbocycles. The highest BCUT2D eigenvalue weighted by Gasteiger charge is 2.59. The van der Waals surface area contributed by atoms with Crippen molar-refractivity contribution in [3.63, 3.8) is 0 Å². The van der Waals surface area contributed by atoms with Crippen LogP contribution in [0.4, 0.5) is 0 Å². The van der Waals surface area contributed by atoms with E-state index in [1.165, 1.54) is 6.42 Å². The quantitative estimate of drug-likeness (QED) is 0.635. The fourth-order valence-corrected chi connectivity index (χ4v) is 6.12. The lowest BCUT2D eigenvalue weighted by Gasteiger charge is -2.38. The fourth-order valence-electron chi connectivity index (χ4n) is 6.12. The van der Waals surface area contributed by atoms with E-state index in [9.17, 15) is 14.7 Å². The number of nitrogens with one attached hydrogen (secondary N) is 1. The molecule has 5 heteroatoms. The maximum absolute atomic E-state index is 13.5. The summed E-state index contributed by atoms with van der Waals surface area (Å²) in [5.41, 5.74) is -0.0331. The van der Waals surface area contributed by atoms with Crippen LogP contribution >= 0.6 is 0 Å². The molecule has 1 saturated heterocycles. The zero-order valence-corrected chi connectivity index (χ0v) is 19.3. The molecule has 33 heavy (non-hydrogen) atoms.